The third-order valence-electron chi connectivity index (χ3n) is 3.30. The van der Waals surface area contributed by atoms with Crippen LogP contribution in [-0.4, -0.2) is 62.3 Å². The van der Waals surface area contributed by atoms with Crippen LogP contribution in [-0.2, 0) is 4.74 Å². The second-order valence-corrected chi connectivity index (χ2v) is 5.25. The minimum absolute atomic E-state index is 0.111. The van der Waals surface area contributed by atoms with E-state index < -0.39 is 0 Å². The van der Waals surface area contributed by atoms with E-state index in [1.807, 2.05) is 0 Å². The fourth-order valence-electron chi connectivity index (χ4n) is 1.97. The van der Waals surface area contributed by atoms with Crippen molar-refractivity contribution < 1.29 is 9.53 Å². The van der Waals surface area contributed by atoms with Crippen LogP contribution in [0.5, 0.6) is 0 Å². The summed E-state index contributed by atoms with van der Waals surface area (Å²) in [6, 6.07) is 6.97. The summed E-state index contributed by atoms with van der Waals surface area (Å²) in [7, 11) is 1.80. The minimum atomic E-state index is -0.111. The number of benzene rings is 1. The molecule has 110 valence electrons. The topological polar surface area (TPSA) is 44.8 Å². The molecule has 0 bridgehead atoms. The van der Waals surface area contributed by atoms with Crippen LogP contribution in [0.1, 0.15) is 0 Å². The molecule has 1 aromatic rings. The summed E-state index contributed by atoms with van der Waals surface area (Å²) in [5.74, 6) is 0. The van der Waals surface area contributed by atoms with Gasteiger partial charge in [-0.3, -0.25) is 4.90 Å². The summed E-state index contributed by atoms with van der Waals surface area (Å²) in [4.78, 5) is 16.0. The number of halogens is 1. The number of nitrogens with zero attached hydrogens (tertiary/aromatic N) is 2. The van der Waals surface area contributed by atoms with E-state index in [0.717, 1.165) is 38.5 Å². The highest BCUT2D eigenvalue weighted by molar-refractivity contribution is 6.30. The lowest BCUT2D eigenvalue weighted by atomic mass is 10.3. The van der Waals surface area contributed by atoms with Gasteiger partial charge in [0.05, 0.1) is 13.2 Å². The van der Waals surface area contributed by atoms with Crippen LogP contribution >= 0.6 is 11.6 Å². The quantitative estimate of drug-likeness (QED) is 0.926. The van der Waals surface area contributed by atoms with Crippen molar-refractivity contribution >= 4 is 23.3 Å². The number of carbonyl (C=O) groups is 1. The van der Waals surface area contributed by atoms with Gasteiger partial charge in [-0.2, -0.15) is 0 Å². The molecule has 0 aromatic heterocycles. The van der Waals surface area contributed by atoms with Crippen molar-refractivity contribution in [3.63, 3.8) is 0 Å². The average Bonchev–Trinajstić information content (AvgIpc) is 2.48. The first-order chi connectivity index (χ1) is 9.65. The Hall–Kier alpha value is -1.30. The van der Waals surface area contributed by atoms with E-state index in [2.05, 4.69) is 10.2 Å². The van der Waals surface area contributed by atoms with Gasteiger partial charge in [0, 0.05) is 43.9 Å². The lowest BCUT2D eigenvalue weighted by Crippen LogP contribution is -2.42. The second kappa shape index (κ2) is 7.47. The van der Waals surface area contributed by atoms with Gasteiger partial charge in [0.25, 0.3) is 0 Å². The Morgan fingerprint density at radius 2 is 2.00 bits per heavy atom. The molecular formula is C14H20ClN3O2. The third-order valence-corrected chi connectivity index (χ3v) is 3.55. The predicted octanol–water partition coefficient (Wildman–Crippen LogP) is 2.14. The molecule has 1 aliphatic heterocycles. The number of carbonyl (C=O) groups excluding carboxylic acids is 1. The molecule has 1 aromatic carbocycles. The van der Waals surface area contributed by atoms with Gasteiger partial charge in [-0.05, 0) is 24.3 Å². The molecule has 2 rings (SSSR count). The molecule has 5 nitrogen and oxygen atoms in total. The van der Waals surface area contributed by atoms with Gasteiger partial charge in [-0.1, -0.05) is 11.6 Å². The lowest BCUT2D eigenvalue weighted by molar-refractivity contribution is 0.0359. The van der Waals surface area contributed by atoms with Crippen molar-refractivity contribution in [3.8, 4) is 0 Å². The van der Waals surface area contributed by atoms with Crippen LogP contribution in [0.15, 0.2) is 24.3 Å². The van der Waals surface area contributed by atoms with Gasteiger partial charge < -0.3 is 15.0 Å². The van der Waals surface area contributed by atoms with Crippen LogP contribution in [0, 0.1) is 0 Å². The summed E-state index contributed by atoms with van der Waals surface area (Å²) in [6.45, 7) is 4.99. The SMILES string of the molecule is CN(CCN1CCOCC1)C(=O)Nc1ccc(Cl)cc1. The van der Waals surface area contributed by atoms with E-state index in [1.165, 1.54) is 0 Å². The van der Waals surface area contributed by atoms with Gasteiger partial charge in [-0.25, -0.2) is 4.79 Å². The summed E-state index contributed by atoms with van der Waals surface area (Å²) >= 11 is 5.81. The highest BCUT2D eigenvalue weighted by Gasteiger charge is 2.13. The monoisotopic (exact) mass is 297 g/mol. The molecule has 0 spiro atoms. The standard InChI is InChI=1S/C14H20ClN3O2/c1-17(6-7-18-8-10-20-11-9-18)14(19)16-13-4-2-12(15)3-5-13/h2-5H,6-11H2,1H3,(H,16,19). The fraction of sp³-hybridized carbons (Fsp3) is 0.500. The number of ether oxygens (including phenoxy) is 1. The Labute approximate surface area is 124 Å². The highest BCUT2D eigenvalue weighted by atomic mass is 35.5. The average molecular weight is 298 g/mol. The molecule has 0 saturated carbocycles. The van der Waals surface area contributed by atoms with E-state index in [4.69, 9.17) is 16.3 Å². The molecule has 2 amide bonds. The molecule has 20 heavy (non-hydrogen) atoms. The molecule has 1 N–H and O–H groups in total. The van der Waals surface area contributed by atoms with Crippen molar-refractivity contribution in [2.24, 2.45) is 0 Å². The van der Waals surface area contributed by atoms with Crippen molar-refractivity contribution in [3.05, 3.63) is 29.3 Å². The third kappa shape index (κ3) is 4.67. The van der Waals surface area contributed by atoms with Gasteiger partial charge in [-0.15, -0.1) is 0 Å². The molecule has 6 heteroatoms. The molecule has 1 fully saturated rings. The Morgan fingerprint density at radius 3 is 2.65 bits per heavy atom. The smallest absolute Gasteiger partial charge is 0.321 e. The van der Waals surface area contributed by atoms with Crippen LogP contribution in [0.25, 0.3) is 0 Å². The molecule has 0 radical (unpaired) electrons. The number of hydrogen-bond donors (Lipinski definition) is 1. The summed E-state index contributed by atoms with van der Waals surface area (Å²) in [6.07, 6.45) is 0. The maximum Gasteiger partial charge on any atom is 0.321 e. The van der Waals surface area contributed by atoms with E-state index in [1.54, 1.807) is 36.2 Å². The van der Waals surface area contributed by atoms with Crippen LogP contribution in [0.4, 0.5) is 10.5 Å². The summed E-state index contributed by atoms with van der Waals surface area (Å²) in [5.41, 5.74) is 0.748. The predicted molar refractivity (Wildman–Crippen MR) is 80.4 cm³/mol. The van der Waals surface area contributed by atoms with E-state index in [9.17, 15) is 4.79 Å². The number of amides is 2. The van der Waals surface area contributed by atoms with E-state index in [-0.39, 0.29) is 6.03 Å². The minimum Gasteiger partial charge on any atom is -0.379 e. The highest BCUT2D eigenvalue weighted by Crippen LogP contribution is 2.13. The fourth-order valence-corrected chi connectivity index (χ4v) is 2.10. The first-order valence-corrected chi connectivity index (χ1v) is 7.11. The van der Waals surface area contributed by atoms with Gasteiger partial charge in [0.15, 0.2) is 0 Å². The lowest BCUT2D eigenvalue weighted by Gasteiger charge is -2.28. The van der Waals surface area contributed by atoms with E-state index >= 15 is 0 Å². The molecule has 0 atom stereocenters. The molecule has 1 saturated heterocycles. The van der Waals surface area contributed by atoms with Crippen LogP contribution < -0.4 is 5.32 Å². The van der Waals surface area contributed by atoms with Crippen molar-refractivity contribution in [2.45, 2.75) is 0 Å². The normalized spacial score (nSPS) is 15.9. The van der Waals surface area contributed by atoms with Gasteiger partial charge >= 0.3 is 6.03 Å². The number of likely N-dealkylation sites (N-methyl/N-ethyl adjacent to an activating group) is 1. The van der Waals surface area contributed by atoms with Crippen molar-refractivity contribution in [2.75, 3.05) is 51.8 Å². The molecule has 0 unspecified atom stereocenters. The number of hydrogen-bond acceptors (Lipinski definition) is 3. The van der Waals surface area contributed by atoms with Gasteiger partial charge in [0.1, 0.15) is 0 Å². The van der Waals surface area contributed by atoms with Crippen molar-refractivity contribution in [1.29, 1.82) is 0 Å². The first kappa shape index (κ1) is 15.1. The Kier molecular flexibility index (Phi) is 5.64. The molecular weight excluding hydrogens is 278 g/mol. The maximum atomic E-state index is 12.0. The summed E-state index contributed by atoms with van der Waals surface area (Å²) in [5, 5.41) is 3.50. The zero-order valence-electron chi connectivity index (χ0n) is 11.6. The Morgan fingerprint density at radius 1 is 1.35 bits per heavy atom. The van der Waals surface area contributed by atoms with Crippen LogP contribution in [0.2, 0.25) is 5.02 Å². The number of urea groups is 1. The maximum absolute atomic E-state index is 12.0. The molecule has 1 aliphatic rings. The second-order valence-electron chi connectivity index (χ2n) is 4.81. The number of morpholine rings is 1. The largest absolute Gasteiger partial charge is 0.379 e. The zero-order chi connectivity index (χ0) is 14.4. The molecule has 1 heterocycles. The Balaban J connectivity index is 1.75. The number of rotatable bonds is 4. The molecule has 0 aliphatic carbocycles. The first-order valence-electron chi connectivity index (χ1n) is 6.73. The summed E-state index contributed by atoms with van der Waals surface area (Å²) < 4.78 is 5.30. The van der Waals surface area contributed by atoms with Crippen LogP contribution in [0.3, 0.4) is 0 Å². The van der Waals surface area contributed by atoms with E-state index in [0.29, 0.717) is 11.6 Å². The van der Waals surface area contributed by atoms with Gasteiger partial charge in [0.2, 0.25) is 0 Å². The Bertz CT molecular complexity index is 433. The number of nitrogens with one attached hydrogen (secondary N) is 1. The van der Waals surface area contributed by atoms with Crippen molar-refractivity contribution in [1.82, 2.24) is 9.80 Å². The zero-order valence-corrected chi connectivity index (χ0v) is 12.4. The number of anilines is 1.